The molecule has 0 aliphatic rings. The minimum absolute atomic E-state index is 0.108. The number of nitrogens with one attached hydrogen (secondary N) is 1. The molecule has 6 nitrogen and oxygen atoms in total. The molecule has 0 saturated heterocycles. The van der Waals surface area contributed by atoms with Crippen molar-refractivity contribution in [3.63, 3.8) is 0 Å². The fraction of sp³-hybridized carbons (Fsp3) is 0.167. The molecule has 0 aliphatic heterocycles. The van der Waals surface area contributed by atoms with Crippen LogP contribution in [0.5, 0.6) is 0 Å². The average Bonchev–Trinajstić information content (AvgIpc) is 2.89. The third-order valence-corrected chi connectivity index (χ3v) is 3.18. The molecule has 0 atom stereocenters. The summed E-state index contributed by atoms with van der Waals surface area (Å²) in [7, 11) is 0. The highest BCUT2D eigenvalue weighted by molar-refractivity contribution is 7.07. The lowest BCUT2D eigenvalue weighted by atomic mass is 10.1. The van der Waals surface area contributed by atoms with E-state index in [-0.39, 0.29) is 11.5 Å². The fourth-order valence-corrected chi connectivity index (χ4v) is 2.12. The van der Waals surface area contributed by atoms with Gasteiger partial charge in [-0.3, -0.25) is 14.9 Å². The molecular weight excluding hydrogens is 266 g/mol. The Hall–Kier alpha value is -2.28. The number of nitro benzene ring substituents is 1. The lowest BCUT2D eigenvalue weighted by Gasteiger charge is -2.06. The van der Waals surface area contributed by atoms with Crippen molar-refractivity contribution < 1.29 is 9.72 Å². The standard InChI is InChI=1S/C12H11N3O3S/c1-8(16)9-2-3-11(12(4-9)15(17)18)13-5-10-6-19-7-14-10/h2-4,6-7,13H,5H2,1H3. The van der Waals surface area contributed by atoms with Crippen molar-refractivity contribution in [1.29, 1.82) is 0 Å². The Morgan fingerprint density at radius 1 is 1.53 bits per heavy atom. The zero-order chi connectivity index (χ0) is 13.8. The maximum atomic E-state index is 11.2. The smallest absolute Gasteiger partial charge is 0.293 e. The summed E-state index contributed by atoms with van der Waals surface area (Å²) < 4.78 is 0. The highest BCUT2D eigenvalue weighted by Crippen LogP contribution is 2.26. The molecule has 1 aromatic carbocycles. The van der Waals surface area contributed by atoms with Crippen molar-refractivity contribution in [2.24, 2.45) is 0 Å². The summed E-state index contributed by atoms with van der Waals surface area (Å²) in [6, 6.07) is 4.39. The lowest BCUT2D eigenvalue weighted by molar-refractivity contribution is -0.384. The van der Waals surface area contributed by atoms with E-state index in [1.165, 1.54) is 24.3 Å². The Kier molecular flexibility index (Phi) is 3.86. The first-order chi connectivity index (χ1) is 9.08. The van der Waals surface area contributed by atoms with E-state index in [0.29, 0.717) is 17.8 Å². The summed E-state index contributed by atoms with van der Waals surface area (Å²) in [5.41, 5.74) is 3.11. The van der Waals surface area contributed by atoms with Crippen LogP contribution in [0, 0.1) is 10.1 Å². The van der Waals surface area contributed by atoms with Crippen molar-refractivity contribution in [3.05, 3.63) is 50.5 Å². The Balaban J connectivity index is 2.24. The number of carbonyl (C=O) groups is 1. The Morgan fingerprint density at radius 3 is 2.89 bits per heavy atom. The molecule has 0 amide bonds. The fourth-order valence-electron chi connectivity index (χ4n) is 1.56. The van der Waals surface area contributed by atoms with Gasteiger partial charge in [0.1, 0.15) is 5.69 Å². The topological polar surface area (TPSA) is 85.1 Å². The van der Waals surface area contributed by atoms with Gasteiger partial charge in [-0.25, -0.2) is 4.98 Å². The SMILES string of the molecule is CC(=O)c1ccc(NCc2cscn2)c([N+](=O)[O-])c1. The summed E-state index contributed by atoms with van der Waals surface area (Å²) in [5.74, 6) is -0.200. The number of benzene rings is 1. The molecule has 0 unspecified atom stereocenters. The van der Waals surface area contributed by atoms with Crippen LogP contribution >= 0.6 is 11.3 Å². The van der Waals surface area contributed by atoms with Gasteiger partial charge in [0.2, 0.25) is 0 Å². The van der Waals surface area contributed by atoms with Crippen LogP contribution in [0.25, 0.3) is 0 Å². The van der Waals surface area contributed by atoms with Crippen LogP contribution in [0.4, 0.5) is 11.4 Å². The largest absolute Gasteiger partial charge is 0.374 e. The van der Waals surface area contributed by atoms with Crippen molar-refractivity contribution in [3.8, 4) is 0 Å². The number of thiazole rings is 1. The number of nitro groups is 1. The summed E-state index contributed by atoms with van der Waals surface area (Å²) in [6.45, 7) is 1.78. The average molecular weight is 277 g/mol. The van der Waals surface area contributed by atoms with Gasteiger partial charge < -0.3 is 5.32 Å². The predicted molar refractivity (Wildman–Crippen MR) is 72.5 cm³/mol. The van der Waals surface area contributed by atoms with E-state index in [1.807, 2.05) is 5.38 Å². The van der Waals surface area contributed by atoms with Gasteiger partial charge >= 0.3 is 0 Å². The molecule has 19 heavy (non-hydrogen) atoms. The van der Waals surface area contributed by atoms with E-state index in [1.54, 1.807) is 17.6 Å². The van der Waals surface area contributed by atoms with E-state index in [0.717, 1.165) is 5.69 Å². The van der Waals surface area contributed by atoms with Gasteiger partial charge in [0.05, 0.1) is 22.7 Å². The molecule has 98 valence electrons. The number of anilines is 1. The van der Waals surface area contributed by atoms with Gasteiger partial charge in [-0.1, -0.05) is 0 Å². The van der Waals surface area contributed by atoms with Crippen LogP contribution in [0.2, 0.25) is 0 Å². The van der Waals surface area contributed by atoms with E-state index in [2.05, 4.69) is 10.3 Å². The van der Waals surface area contributed by atoms with E-state index >= 15 is 0 Å². The summed E-state index contributed by atoms with van der Waals surface area (Å²) in [5, 5.41) is 15.8. The van der Waals surface area contributed by atoms with Crippen LogP contribution in [0.1, 0.15) is 23.0 Å². The number of Topliss-reactive ketones (excluding diaryl/α,β-unsaturated/α-hetero) is 1. The maximum Gasteiger partial charge on any atom is 0.293 e. The minimum Gasteiger partial charge on any atom is -0.374 e. The second-order valence-corrected chi connectivity index (χ2v) is 4.60. The number of ketones is 1. The Bertz CT molecular complexity index is 611. The Morgan fingerprint density at radius 2 is 2.32 bits per heavy atom. The van der Waals surface area contributed by atoms with Crippen LogP contribution < -0.4 is 5.32 Å². The van der Waals surface area contributed by atoms with Crippen LogP contribution in [-0.2, 0) is 6.54 Å². The monoisotopic (exact) mass is 277 g/mol. The highest BCUT2D eigenvalue weighted by atomic mass is 32.1. The number of hydrogen-bond donors (Lipinski definition) is 1. The third-order valence-electron chi connectivity index (χ3n) is 2.54. The quantitative estimate of drug-likeness (QED) is 0.516. The summed E-state index contributed by atoms with van der Waals surface area (Å²) >= 11 is 1.46. The molecule has 0 bridgehead atoms. The van der Waals surface area contributed by atoms with Crippen molar-refractivity contribution in [2.75, 3.05) is 5.32 Å². The molecule has 0 fully saturated rings. The highest BCUT2D eigenvalue weighted by Gasteiger charge is 2.16. The van der Waals surface area contributed by atoms with Crippen molar-refractivity contribution in [1.82, 2.24) is 4.98 Å². The van der Waals surface area contributed by atoms with E-state index < -0.39 is 4.92 Å². The first kappa shape index (κ1) is 13.2. The maximum absolute atomic E-state index is 11.2. The van der Waals surface area contributed by atoms with Gasteiger partial charge in [0, 0.05) is 17.0 Å². The van der Waals surface area contributed by atoms with Gasteiger partial charge in [0.15, 0.2) is 5.78 Å². The molecular formula is C12H11N3O3S. The van der Waals surface area contributed by atoms with Crippen LogP contribution in [0.15, 0.2) is 29.1 Å². The van der Waals surface area contributed by atoms with E-state index in [9.17, 15) is 14.9 Å². The second kappa shape index (κ2) is 5.57. The number of nitrogens with zero attached hydrogens (tertiary/aromatic N) is 2. The van der Waals surface area contributed by atoms with Crippen LogP contribution in [0.3, 0.4) is 0 Å². The second-order valence-electron chi connectivity index (χ2n) is 3.88. The molecule has 7 heteroatoms. The molecule has 1 aromatic heterocycles. The molecule has 1 N–H and O–H groups in total. The van der Waals surface area contributed by atoms with Gasteiger partial charge in [-0.2, -0.15) is 0 Å². The summed E-state index contributed by atoms with van der Waals surface area (Å²) in [4.78, 5) is 25.8. The number of carbonyl (C=O) groups excluding carboxylic acids is 1. The summed E-state index contributed by atoms with van der Waals surface area (Å²) in [6.07, 6.45) is 0. The molecule has 1 heterocycles. The molecule has 0 radical (unpaired) electrons. The van der Waals surface area contributed by atoms with Gasteiger partial charge in [-0.15, -0.1) is 11.3 Å². The number of hydrogen-bond acceptors (Lipinski definition) is 6. The molecule has 0 spiro atoms. The molecule has 0 aliphatic carbocycles. The first-order valence-corrected chi connectivity index (χ1v) is 6.42. The Labute approximate surface area is 113 Å². The molecule has 2 rings (SSSR count). The minimum atomic E-state index is -0.504. The molecule has 0 saturated carbocycles. The van der Waals surface area contributed by atoms with Gasteiger partial charge in [0.25, 0.3) is 5.69 Å². The normalized spacial score (nSPS) is 10.2. The number of aromatic nitrogens is 1. The molecule has 2 aromatic rings. The van der Waals surface area contributed by atoms with Gasteiger partial charge in [-0.05, 0) is 19.1 Å². The predicted octanol–water partition coefficient (Wildman–Crippen LogP) is 2.87. The zero-order valence-corrected chi connectivity index (χ0v) is 10.9. The third kappa shape index (κ3) is 3.14. The van der Waals surface area contributed by atoms with Crippen LogP contribution in [-0.4, -0.2) is 15.7 Å². The zero-order valence-electron chi connectivity index (χ0n) is 10.1. The van der Waals surface area contributed by atoms with E-state index in [4.69, 9.17) is 0 Å². The number of rotatable bonds is 5. The van der Waals surface area contributed by atoms with Crippen molar-refractivity contribution in [2.45, 2.75) is 13.5 Å². The van der Waals surface area contributed by atoms with Crippen molar-refractivity contribution >= 4 is 28.5 Å². The lowest BCUT2D eigenvalue weighted by Crippen LogP contribution is -2.04. The first-order valence-electron chi connectivity index (χ1n) is 5.48.